The van der Waals surface area contributed by atoms with Gasteiger partial charge in [-0.2, -0.15) is 0 Å². The van der Waals surface area contributed by atoms with E-state index in [9.17, 15) is 5.11 Å². The maximum absolute atomic E-state index is 10.0. The fraction of sp³-hybridized carbons (Fsp3) is 0.733. The van der Waals surface area contributed by atoms with Crippen molar-refractivity contribution < 1.29 is 9.59 Å². The Morgan fingerprint density at radius 2 is 2.11 bits per heavy atom. The van der Waals surface area contributed by atoms with Gasteiger partial charge in [-0.15, -0.1) is 6.58 Å². The molecule has 2 N–H and O–H groups in total. The molecular weight excluding hydrogens is 224 g/mol. The number of allylic oxidation sites excluding steroid dienone is 1. The first-order valence-corrected chi connectivity index (χ1v) is 7.27. The molecule has 1 heterocycles. The molecule has 0 radical (unpaired) electrons. The highest BCUT2D eigenvalue weighted by molar-refractivity contribution is 4.84. The molecule has 0 saturated carbocycles. The van der Waals surface area contributed by atoms with Gasteiger partial charge in [0.2, 0.25) is 0 Å². The van der Waals surface area contributed by atoms with E-state index in [4.69, 9.17) is 0 Å². The summed E-state index contributed by atoms with van der Waals surface area (Å²) in [5, 5.41) is 13.4. The summed E-state index contributed by atoms with van der Waals surface area (Å²) in [5.41, 5.74) is 0. The van der Waals surface area contributed by atoms with Gasteiger partial charge < -0.3 is 10.4 Å². The van der Waals surface area contributed by atoms with E-state index in [1.165, 1.54) is 25.7 Å². The maximum atomic E-state index is 10.0. The largest absolute Gasteiger partial charge is 0.345 e. The van der Waals surface area contributed by atoms with Crippen molar-refractivity contribution >= 4 is 0 Å². The first-order chi connectivity index (χ1) is 8.67. The minimum atomic E-state index is -0.341. The summed E-state index contributed by atoms with van der Waals surface area (Å²) >= 11 is 0. The molecule has 1 aliphatic heterocycles. The normalized spacial score (nSPS) is 28.1. The lowest BCUT2D eigenvalue weighted by molar-refractivity contribution is -0.942. The molecule has 1 rings (SSSR count). The lowest BCUT2D eigenvalue weighted by Gasteiger charge is -2.39. The summed E-state index contributed by atoms with van der Waals surface area (Å²) < 4.78 is 0.659. The van der Waals surface area contributed by atoms with Crippen molar-refractivity contribution in [1.82, 2.24) is 5.32 Å². The smallest absolute Gasteiger partial charge is 0.193 e. The molecule has 3 heteroatoms. The Labute approximate surface area is 112 Å². The van der Waals surface area contributed by atoms with Crippen LogP contribution < -0.4 is 5.32 Å². The average Bonchev–Trinajstić information content (AvgIpc) is 2.77. The Balaban J connectivity index is 2.31. The van der Waals surface area contributed by atoms with Crippen LogP contribution >= 0.6 is 0 Å². The molecule has 3 nitrogen and oxygen atoms in total. The van der Waals surface area contributed by atoms with E-state index in [0.717, 1.165) is 19.4 Å². The van der Waals surface area contributed by atoms with Crippen LogP contribution in [0.25, 0.3) is 0 Å². The standard InChI is InChI=1S/C15H29N2O/c1-4-6-7-8-9-10-11-15-16-12-13-17(15,5-2)14(3)18/h4,12-16,18H,1,5-11H2,2-3H3/q+1. The molecule has 1 aliphatic rings. The van der Waals surface area contributed by atoms with Gasteiger partial charge in [0.1, 0.15) is 6.20 Å². The minimum Gasteiger partial charge on any atom is -0.345 e. The van der Waals surface area contributed by atoms with Crippen LogP contribution in [0, 0.1) is 0 Å². The van der Waals surface area contributed by atoms with E-state index in [0.29, 0.717) is 10.6 Å². The van der Waals surface area contributed by atoms with Crippen LogP contribution in [-0.4, -0.2) is 28.5 Å². The molecule has 3 unspecified atom stereocenters. The molecule has 0 aromatic carbocycles. The minimum absolute atomic E-state index is 0.341. The maximum Gasteiger partial charge on any atom is 0.193 e. The summed E-state index contributed by atoms with van der Waals surface area (Å²) in [6.45, 7) is 8.70. The first-order valence-electron chi connectivity index (χ1n) is 7.27. The number of aliphatic hydroxyl groups is 1. The number of hydrogen-bond donors (Lipinski definition) is 2. The lowest BCUT2D eigenvalue weighted by atomic mass is 10.1. The van der Waals surface area contributed by atoms with E-state index in [2.05, 4.69) is 25.0 Å². The Kier molecular flexibility index (Phi) is 6.44. The predicted molar refractivity (Wildman–Crippen MR) is 76.4 cm³/mol. The third-order valence-electron chi connectivity index (χ3n) is 4.10. The Hall–Kier alpha value is -0.800. The molecule has 0 aliphatic carbocycles. The summed E-state index contributed by atoms with van der Waals surface area (Å²) in [6.07, 6.45) is 13.4. The molecule has 0 spiro atoms. The summed E-state index contributed by atoms with van der Waals surface area (Å²) in [7, 11) is 0. The molecule has 0 bridgehead atoms. The zero-order valence-corrected chi connectivity index (χ0v) is 11.9. The third kappa shape index (κ3) is 3.59. The molecule has 104 valence electrons. The van der Waals surface area contributed by atoms with Crippen molar-refractivity contribution in [1.29, 1.82) is 0 Å². The molecule has 0 amide bonds. The number of nitrogens with one attached hydrogen (secondary N) is 1. The van der Waals surface area contributed by atoms with Gasteiger partial charge in [-0.05, 0) is 26.2 Å². The van der Waals surface area contributed by atoms with E-state index in [-0.39, 0.29) is 6.23 Å². The third-order valence-corrected chi connectivity index (χ3v) is 4.10. The first kappa shape index (κ1) is 15.3. The van der Waals surface area contributed by atoms with E-state index >= 15 is 0 Å². The Bertz CT molecular complexity index is 276. The van der Waals surface area contributed by atoms with Crippen LogP contribution in [0.1, 0.15) is 52.4 Å². The zero-order chi connectivity index (χ0) is 13.4. The number of rotatable bonds is 9. The summed E-state index contributed by atoms with van der Waals surface area (Å²) in [5.74, 6) is 0. The number of aliphatic hydroxyl groups excluding tert-OH is 1. The number of quaternary nitrogens is 1. The van der Waals surface area contributed by atoms with Crippen molar-refractivity contribution in [2.75, 3.05) is 6.54 Å². The van der Waals surface area contributed by atoms with Crippen LogP contribution in [0.4, 0.5) is 0 Å². The zero-order valence-electron chi connectivity index (χ0n) is 11.9. The second kappa shape index (κ2) is 7.59. The van der Waals surface area contributed by atoms with Gasteiger partial charge in [-0.1, -0.05) is 18.9 Å². The summed E-state index contributed by atoms with van der Waals surface area (Å²) in [6, 6.07) is 0. The Morgan fingerprint density at radius 3 is 2.72 bits per heavy atom. The van der Waals surface area contributed by atoms with Crippen molar-refractivity contribution in [3.8, 4) is 0 Å². The average molecular weight is 253 g/mol. The van der Waals surface area contributed by atoms with Gasteiger partial charge in [0.05, 0.1) is 12.7 Å². The number of nitrogens with zero attached hydrogens (tertiary/aromatic N) is 1. The molecule has 18 heavy (non-hydrogen) atoms. The highest BCUT2D eigenvalue weighted by Gasteiger charge is 2.40. The molecule has 0 fully saturated rings. The van der Waals surface area contributed by atoms with E-state index in [1.807, 2.05) is 19.2 Å². The molecule has 0 aromatic heterocycles. The lowest BCUT2D eigenvalue weighted by Crippen LogP contribution is -2.57. The van der Waals surface area contributed by atoms with Crippen LogP contribution in [0.5, 0.6) is 0 Å². The SMILES string of the molecule is C=CCCCCCCC1NC=C[N+]1(CC)C(C)O. The Morgan fingerprint density at radius 1 is 1.39 bits per heavy atom. The monoisotopic (exact) mass is 253 g/mol. The number of unbranched alkanes of at least 4 members (excludes halogenated alkanes) is 4. The quantitative estimate of drug-likeness (QED) is 0.376. The summed E-state index contributed by atoms with van der Waals surface area (Å²) in [4.78, 5) is 0. The topological polar surface area (TPSA) is 32.3 Å². The van der Waals surface area contributed by atoms with E-state index in [1.54, 1.807) is 0 Å². The van der Waals surface area contributed by atoms with Gasteiger partial charge in [-0.3, -0.25) is 4.48 Å². The predicted octanol–water partition coefficient (Wildman–Crippen LogP) is 3.09. The molecular formula is C15H29N2O+. The van der Waals surface area contributed by atoms with Crippen LogP contribution in [0.2, 0.25) is 0 Å². The second-order valence-electron chi connectivity index (χ2n) is 5.22. The van der Waals surface area contributed by atoms with E-state index < -0.39 is 0 Å². The number of hydrogen-bond acceptors (Lipinski definition) is 2. The van der Waals surface area contributed by atoms with Crippen molar-refractivity contribution in [2.24, 2.45) is 0 Å². The van der Waals surface area contributed by atoms with Crippen LogP contribution in [0.15, 0.2) is 25.1 Å². The molecule has 0 aromatic rings. The molecule has 0 saturated heterocycles. The van der Waals surface area contributed by atoms with Gasteiger partial charge in [0.25, 0.3) is 0 Å². The van der Waals surface area contributed by atoms with Gasteiger partial charge >= 0.3 is 0 Å². The van der Waals surface area contributed by atoms with Crippen LogP contribution in [-0.2, 0) is 0 Å². The highest BCUT2D eigenvalue weighted by atomic mass is 16.3. The van der Waals surface area contributed by atoms with Crippen molar-refractivity contribution in [3.05, 3.63) is 25.1 Å². The van der Waals surface area contributed by atoms with Gasteiger partial charge in [0, 0.05) is 13.3 Å². The second-order valence-corrected chi connectivity index (χ2v) is 5.22. The van der Waals surface area contributed by atoms with Crippen molar-refractivity contribution in [2.45, 2.75) is 64.8 Å². The van der Waals surface area contributed by atoms with Crippen molar-refractivity contribution in [3.63, 3.8) is 0 Å². The van der Waals surface area contributed by atoms with Crippen LogP contribution in [0.3, 0.4) is 0 Å². The molecule has 3 atom stereocenters. The van der Waals surface area contributed by atoms with Gasteiger partial charge in [-0.25, -0.2) is 0 Å². The highest BCUT2D eigenvalue weighted by Crippen LogP contribution is 2.25. The van der Waals surface area contributed by atoms with Gasteiger partial charge in [0.15, 0.2) is 12.4 Å². The fourth-order valence-electron chi connectivity index (χ4n) is 2.81. The fourth-order valence-corrected chi connectivity index (χ4v) is 2.81.